The van der Waals surface area contributed by atoms with Gasteiger partial charge in [-0.2, -0.15) is 0 Å². The van der Waals surface area contributed by atoms with Crippen molar-refractivity contribution in [3.63, 3.8) is 0 Å². The maximum atomic E-state index is 14.3. The van der Waals surface area contributed by atoms with Crippen LogP contribution >= 0.6 is 0 Å². The van der Waals surface area contributed by atoms with Crippen molar-refractivity contribution < 1.29 is 9.18 Å². The van der Waals surface area contributed by atoms with E-state index in [-0.39, 0.29) is 11.7 Å². The van der Waals surface area contributed by atoms with E-state index in [1.807, 2.05) is 41.3 Å². The van der Waals surface area contributed by atoms with Gasteiger partial charge in [-0.05, 0) is 37.5 Å². The Kier molecular flexibility index (Phi) is 5.45. The number of para-hydroxylation sites is 2. The van der Waals surface area contributed by atoms with Crippen molar-refractivity contribution in [1.29, 1.82) is 0 Å². The molecule has 2 fully saturated rings. The highest BCUT2D eigenvalue weighted by Gasteiger charge is 2.28. The molecule has 5 nitrogen and oxygen atoms in total. The third-order valence-corrected chi connectivity index (χ3v) is 6.41. The van der Waals surface area contributed by atoms with Gasteiger partial charge < -0.3 is 14.7 Å². The number of aromatic nitrogens is 1. The summed E-state index contributed by atoms with van der Waals surface area (Å²) >= 11 is 0. The Bertz CT molecular complexity index is 1090. The van der Waals surface area contributed by atoms with Crippen LogP contribution in [0.2, 0.25) is 0 Å². The van der Waals surface area contributed by atoms with Crippen molar-refractivity contribution in [1.82, 2.24) is 9.88 Å². The Labute approximate surface area is 182 Å². The predicted molar refractivity (Wildman–Crippen MR) is 122 cm³/mol. The standard InChI is InChI=1S/C25H27FN4O/c26-21-9-3-5-11-23(21)28-14-16-29(17-15-28)24-19-8-2-4-10-22(19)27-18-20(24)25(31)30-12-6-1-7-13-30/h2-5,8-11,18H,1,6-7,12-17H2. The number of rotatable bonds is 3. The smallest absolute Gasteiger partial charge is 0.257 e. The lowest BCUT2D eigenvalue weighted by Gasteiger charge is -2.39. The van der Waals surface area contributed by atoms with Gasteiger partial charge >= 0.3 is 0 Å². The van der Waals surface area contributed by atoms with Crippen LogP contribution in [0.1, 0.15) is 29.6 Å². The molecule has 31 heavy (non-hydrogen) atoms. The topological polar surface area (TPSA) is 39.7 Å². The summed E-state index contributed by atoms with van der Waals surface area (Å²) in [6, 6.07) is 14.9. The Morgan fingerprint density at radius 2 is 1.48 bits per heavy atom. The Morgan fingerprint density at radius 3 is 2.26 bits per heavy atom. The molecule has 2 saturated heterocycles. The highest BCUT2D eigenvalue weighted by molar-refractivity contribution is 6.07. The van der Waals surface area contributed by atoms with E-state index in [0.29, 0.717) is 24.3 Å². The summed E-state index contributed by atoms with van der Waals surface area (Å²) in [6.45, 7) is 4.48. The van der Waals surface area contributed by atoms with E-state index >= 15 is 0 Å². The molecule has 0 saturated carbocycles. The lowest BCUT2D eigenvalue weighted by molar-refractivity contribution is 0.0724. The molecule has 3 aromatic rings. The summed E-state index contributed by atoms with van der Waals surface area (Å²) in [7, 11) is 0. The van der Waals surface area contributed by atoms with Crippen LogP contribution in [0.3, 0.4) is 0 Å². The molecule has 2 aliphatic rings. The summed E-state index contributed by atoms with van der Waals surface area (Å²) in [6.07, 6.45) is 5.05. The molecule has 2 aliphatic heterocycles. The summed E-state index contributed by atoms with van der Waals surface area (Å²) in [5.74, 6) is -0.115. The van der Waals surface area contributed by atoms with Gasteiger partial charge in [-0.1, -0.05) is 30.3 Å². The molecule has 0 bridgehead atoms. The molecule has 5 rings (SSSR count). The van der Waals surface area contributed by atoms with Gasteiger partial charge in [-0.15, -0.1) is 0 Å². The number of likely N-dealkylation sites (tertiary alicyclic amines) is 1. The molecule has 0 unspecified atom stereocenters. The van der Waals surface area contributed by atoms with Crippen molar-refractivity contribution in [3.8, 4) is 0 Å². The van der Waals surface area contributed by atoms with E-state index in [9.17, 15) is 9.18 Å². The third kappa shape index (κ3) is 3.82. The molecular formula is C25H27FN4O. The number of piperazine rings is 1. The van der Waals surface area contributed by atoms with Gasteiger partial charge in [0.2, 0.25) is 0 Å². The number of halogens is 1. The number of hydrogen-bond acceptors (Lipinski definition) is 4. The van der Waals surface area contributed by atoms with Crippen molar-refractivity contribution in [2.45, 2.75) is 19.3 Å². The van der Waals surface area contributed by atoms with Gasteiger partial charge in [-0.3, -0.25) is 9.78 Å². The highest BCUT2D eigenvalue weighted by Crippen LogP contribution is 2.32. The van der Waals surface area contributed by atoms with Gasteiger partial charge in [0.15, 0.2) is 0 Å². The number of fused-ring (bicyclic) bond motifs is 1. The molecule has 6 heteroatoms. The maximum Gasteiger partial charge on any atom is 0.257 e. The maximum absolute atomic E-state index is 14.3. The molecule has 0 radical (unpaired) electrons. The van der Waals surface area contributed by atoms with Crippen molar-refractivity contribution >= 4 is 28.2 Å². The Hall–Kier alpha value is -3.15. The SMILES string of the molecule is O=C(c1cnc2ccccc2c1N1CCN(c2ccccc2F)CC1)N1CCCCC1. The average molecular weight is 419 g/mol. The van der Waals surface area contributed by atoms with Crippen LogP contribution in [0.15, 0.2) is 54.7 Å². The van der Waals surface area contributed by atoms with E-state index in [2.05, 4.69) is 14.8 Å². The number of piperidine rings is 1. The Balaban J connectivity index is 1.47. The van der Waals surface area contributed by atoms with Gasteiger partial charge in [0.05, 0.1) is 22.5 Å². The molecule has 0 atom stereocenters. The monoisotopic (exact) mass is 418 g/mol. The minimum atomic E-state index is -0.189. The van der Waals surface area contributed by atoms with Crippen LogP contribution in [0.4, 0.5) is 15.8 Å². The second kappa shape index (κ2) is 8.53. The summed E-state index contributed by atoms with van der Waals surface area (Å²) in [5.41, 5.74) is 3.19. The van der Waals surface area contributed by atoms with Gasteiger partial charge in [-0.25, -0.2) is 4.39 Å². The van der Waals surface area contributed by atoms with E-state index in [4.69, 9.17) is 0 Å². The van der Waals surface area contributed by atoms with Crippen LogP contribution in [0.25, 0.3) is 10.9 Å². The normalized spacial score (nSPS) is 17.3. The Morgan fingerprint density at radius 1 is 0.806 bits per heavy atom. The first-order valence-electron chi connectivity index (χ1n) is 11.1. The number of hydrogen-bond donors (Lipinski definition) is 0. The first-order valence-corrected chi connectivity index (χ1v) is 11.1. The first kappa shape index (κ1) is 19.8. The molecule has 3 heterocycles. The highest BCUT2D eigenvalue weighted by atomic mass is 19.1. The van der Waals surface area contributed by atoms with E-state index in [1.54, 1.807) is 12.3 Å². The largest absolute Gasteiger partial charge is 0.367 e. The number of benzene rings is 2. The van der Waals surface area contributed by atoms with E-state index in [1.165, 1.54) is 12.5 Å². The minimum Gasteiger partial charge on any atom is -0.367 e. The number of nitrogens with zero attached hydrogens (tertiary/aromatic N) is 4. The number of carbonyl (C=O) groups excluding carboxylic acids is 1. The zero-order valence-electron chi connectivity index (χ0n) is 17.6. The van der Waals surface area contributed by atoms with E-state index in [0.717, 1.165) is 55.6 Å². The average Bonchev–Trinajstić information content (AvgIpc) is 2.84. The molecule has 2 aromatic carbocycles. The van der Waals surface area contributed by atoms with E-state index < -0.39 is 0 Å². The fourth-order valence-electron chi connectivity index (χ4n) is 4.77. The fourth-order valence-corrected chi connectivity index (χ4v) is 4.77. The second-order valence-electron chi connectivity index (χ2n) is 8.32. The van der Waals surface area contributed by atoms with Crippen LogP contribution in [-0.4, -0.2) is 55.1 Å². The number of amides is 1. The predicted octanol–water partition coefficient (Wildman–Crippen LogP) is 4.33. The van der Waals surface area contributed by atoms with Crippen LogP contribution in [-0.2, 0) is 0 Å². The van der Waals surface area contributed by atoms with Gasteiger partial charge in [0.1, 0.15) is 5.82 Å². The molecule has 160 valence electrons. The van der Waals surface area contributed by atoms with Crippen molar-refractivity contribution in [2.24, 2.45) is 0 Å². The number of carbonyl (C=O) groups is 1. The number of anilines is 2. The van der Waals surface area contributed by atoms with Crippen LogP contribution < -0.4 is 9.80 Å². The van der Waals surface area contributed by atoms with Gasteiger partial charge in [0.25, 0.3) is 5.91 Å². The zero-order chi connectivity index (χ0) is 21.2. The summed E-state index contributed by atoms with van der Waals surface area (Å²) < 4.78 is 14.3. The van der Waals surface area contributed by atoms with Crippen molar-refractivity contribution in [3.05, 3.63) is 66.1 Å². The molecular weight excluding hydrogens is 391 g/mol. The van der Waals surface area contributed by atoms with Gasteiger partial charge in [0, 0.05) is 50.9 Å². The second-order valence-corrected chi connectivity index (χ2v) is 8.32. The summed E-state index contributed by atoms with van der Waals surface area (Å²) in [5, 5.41) is 1.00. The fraction of sp³-hybridized carbons (Fsp3) is 0.360. The number of pyridine rings is 1. The molecule has 1 aromatic heterocycles. The minimum absolute atomic E-state index is 0.0736. The molecule has 1 amide bonds. The zero-order valence-corrected chi connectivity index (χ0v) is 17.6. The lowest BCUT2D eigenvalue weighted by Crippen LogP contribution is -2.47. The first-order chi connectivity index (χ1) is 15.2. The van der Waals surface area contributed by atoms with Crippen LogP contribution in [0, 0.1) is 5.82 Å². The summed E-state index contributed by atoms with van der Waals surface area (Å²) in [4.78, 5) is 24.4. The molecule has 0 aliphatic carbocycles. The van der Waals surface area contributed by atoms with Crippen molar-refractivity contribution in [2.75, 3.05) is 49.1 Å². The lowest BCUT2D eigenvalue weighted by atomic mass is 10.0. The third-order valence-electron chi connectivity index (χ3n) is 6.41. The quantitative estimate of drug-likeness (QED) is 0.635. The van der Waals surface area contributed by atoms with Crippen LogP contribution in [0.5, 0.6) is 0 Å². The molecule has 0 N–H and O–H groups in total. The molecule has 0 spiro atoms.